The van der Waals surface area contributed by atoms with Crippen LogP contribution in [-0.2, 0) is 30.4 Å². The van der Waals surface area contributed by atoms with Gasteiger partial charge in [-0.1, -0.05) is 24.2 Å². The van der Waals surface area contributed by atoms with Gasteiger partial charge < -0.3 is 26.3 Å². The van der Waals surface area contributed by atoms with E-state index in [1.807, 2.05) is 13.0 Å². The minimum absolute atomic E-state index is 0.0929. The molecular weight excluding hydrogens is 532 g/mol. The minimum atomic E-state index is -1.23. The second kappa shape index (κ2) is 11.2. The highest BCUT2D eigenvalue weighted by atomic mass is 32.2. The molecule has 2 aromatic rings. The molecule has 5 N–H and O–H groups in total. The first-order valence-electron chi connectivity index (χ1n) is 11.6. The van der Waals surface area contributed by atoms with Gasteiger partial charge in [0, 0.05) is 23.2 Å². The van der Waals surface area contributed by atoms with Gasteiger partial charge in [-0.05, 0) is 36.1 Å². The van der Waals surface area contributed by atoms with Crippen LogP contribution in [0.1, 0.15) is 30.2 Å². The summed E-state index contributed by atoms with van der Waals surface area (Å²) in [6, 6.07) is 4.50. The maximum atomic E-state index is 13.1. The summed E-state index contributed by atoms with van der Waals surface area (Å²) in [5.74, 6) is -2.24. The fraction of sp³-hybridized carbons (Fsp3) is 0.333. The molecule has 3 amide bonds. The Morgan fingerprint density at radius 2 is 2.11 bits per heavy atom. The lowest BCUT2D eigenvalue weighted by Crippen LogP contribution is -2.71. The monoisotopic (exact) mass is 558 g/mol. The number of rotatable bonds is 9. The summed E-state index contributed by atoms with van der Waals surface area (Å²) >= 11 is 2.48. The number of benzene rings is 1. The molecule has 0 radical (unpaired) electrons. The number of β-lactam (4-membered cyclic amide) rings is 1. The number of nitrogen functional groups attached to an aromatic ring is 1. The van der Waals surface area contributed by atoms with Crippen molar-refractivity contribution in [2.75, 3.05) is 23.9 Å². The topological polar surface area (TPSA) is 176 Å². The van der Waals surface area contributed by atoms with Crippen molar-refractivity contribution >= 4 is 63.3 Å². The Morgan fingerprint density at radius 1 is 1.34 bits per heavy atom. The first-order chi connectivity index (χ1) is 18.2. The van der Waals surface area contributed by atoms with Crippen LogP contribution in [0.2, 0.25) is 0 Å². The number of hydrogen-bond acceptors (Lipinski definition) is 10. The summed E-state index contributed by atoms with van der Waals surface area (Å²) in [6.45, 7) is 3.61. The van der Waals surface area contributed by atoms with Crippen molar-refractivity contribution in [3.05, 3.63) is 51.7 Å². The molecule has 3 heterocycles. The van der Waals surface area contributed by atoms with Crippen molar-refractivity contribution in [1.82, 2.24) is 15.2 Å². The first kappa shape index (κ1) is 27.1. The summed E-state index contributed by atoms with van der Waals surface area (Å²) in [5, 5.41) is 20.4. The summed E-state index contributed by atoms with van der Waals surface area (Å²) in [7, 11) is 1.27. The second-order valence-electron chi connectivity index (χ2n) is 8.48. The van der Waals surface area contributed by atoms with Crippen LogP contribution in [0.25, 0.3) is 0 Å². The Hall–Kier alpha value is -3.91. The van der Waals surface area contributed by atoms with Crippen LogP contribution in [0.5, 0.6) is 0 Å². The van der Waals surface area contributed by atoms with Gasteiger partial charge in [-0.3, -0.25) is 19.3 Å². The number of carbonyl (C=O) groups excluding carboxylic acids is 3. The molecule has 1 fully saturated rings. The van der Waals surface area contributed by atoms with E-state index in [0.29, 0.717) is 29.9 Å². The molecule has 0 aliphatic carbocycles. The van der Waals surface area contributed by atoms with Gasteiger partial charge in [0.25, 0.3) is 11.8 Å². The molecule has 14 heteroatoms. The lowest BCUT2D eigenvalue weighted by atomic mass is 9.96. The van der Waals surface area contributed by atoms with Crippen molar-refractivity contribution in [2.45, 2.75) is 38.1 Å². The zero-order valence-corrected chi connectivity index (χ0v) is 22.4. The van der Waals surface area contributed by atoms with Gasteiger partial charge in [-0.2, -0.15) is 0 Å². The van der Waals surface area contributed by atoms with Crippen LogP contribution in [0.4, 0.5) is 10.8 Å². The fourth-order valence-corrected chi connectivity index (χ4v) is 6.09. The van der Waals surface area contributed by atoms with Crippen LogP contribution in [0, 0.1) is 6.92 Å². The van der Waals surface area contributed by atoms with E-state index in [1.54, 1.807) is 24.4 Å². The third-order valence-electron chi connectivity index (χ3n) is 6.14. The number of thioether (sulfide) groups is 1. The Bertz CT molecular complexity index is 1370. The molecule has 1 aromatic heterocycles. The van der Waals surface area contributed by atoms with Gasteiger partial charge >= 0.3 is 5.97 Å². The Balaban J connectivity index is 1.54. The van der Waals surface area contributed by atoms with Gasteiger partial charge in [-0.15, -0.1) is 23.1 Å². The summed E-state index contributed by atoms with van der Waals surface area (Å²) in [4.78, 5) is 60.2. The first-order valence-corrected chi connectivity index (χ1v) is 13.5. The number of oxime groups is 1. The second-order valence-corrected chi connectivity index (χ2v) is 10.5. The number of carbonyl (C=O) groups is 4. The van der Waals surface area contributed by atoms with E-state index in [-0.39, 0.29) is 28.1 Å². The van der Waals surface area contributed by atoms with E-state index in [0.717, 1.165) is 22.5 Å². The van der Waals surface area contributed by atoms with Gasteiger partial charge in [-0.25, -0.2) is 9.78 Å². The van der Waals surface area contributed by atoms with Crippen LogP contribution in [0.3, 0.4) is 0 Å². The molecule has 12 nitrogen and oxygen atoms in total. The standard InChI is InChI=1S/C24H26N6O6S2/c1-4-16(31)26-14-7-5-6-12(11(14)2)8-13-9-37-22-18(21(33)30(22)19(13)23(34)35)28-20(32)17(29-36-3)15-10-38-24(25)27-15/h5-7,10,18,22H,4,8-9H2,1-3H3,(H2,25,27)(H,26,31)(H,28,32)(H,34,35)/b29-17-/t18-,22-/m1/s1. The Labute approximate surface area is 226 Å². The number of aromatic nitrogens is 1. The molecule has 1 saturated heterocycles. The van der Waals surface area contributed by atoms with E-state index in [1.165, 1.54) is 23.8 Å². The third kappa shape index (κ3) is 5.22. The molecule has 2 atom stereocenters. The molecule has 0 spiro atoms. The molecule has 0 saturated carbocycles. The molecule has 2 aliphatic heterocycles. The van der Waals surface area contributed by atoms with Crippen molar-refractivity contribution in [3.63, 3.8) is 0 Å². The van der Waals surface area contributed by atoms with Crippen molar-refractivity contribution in [3.8, 4) is 0 Å². The molecular formula is C24H26N6O6S2. The number of carboxylic acid groups (broad SMARTS) is 1. The fourth-order valence-electron chi connectivity index (χ4n) is 4.20. The number of nitrogens with zero attached hydrogens (tertiary/aromatic N) is 3. The molecule has 38 heavy (non-hydrogen) atoms. The largest absolute Gasteiger partial charge is 0.477 e. The van der Waals surface area contributed by atoms with Gasteiger partial charge in [0.1, 0.15) is 29.9 Å². The van der Waals surface area contributed by atoms with E-state index >= 15 is 0 Å². The van der Waals surface area contributed by atoms with Crippen molar-refractivity contribution < 1.29 is 29.1 Å². The van der Waals surface area contributed by atoms with Gasteiger partial charge in [0.15, 0.2) is 10.8 Å². The highest BCUT2D eigenvalue weighted by Gasteiger charge is 2.54. The third-order valence-corrected chi connectivity index (χ3v) is 8.16. The van der Waals surface area contributed by atoms with E-state index in [2.05, 4.69) is 20.8 Å². The van der Waals surface area contributed by atoms with E-state index in [4.69, 9.17) is 10.6 Å². The van der Waals surface area contributed by atoms with Crippen LogP contribution < -0.4 is 16.4 Å². The van der Waals surface area contributed by atoms with Crippen LogP contribution in [0.15, 0.2) is 40.0 Å². The van der Waals surface area contributed by atoms with Crippen LogP contribution in [-0.4, -0.2) is 68.7 Å². The Kier molecular flexibility index (Phi) is 8.02. The average molecular weight is 559 g/mol. The minimum Gasteiger partial charge on any atom is -0.477 e. The highest BCUT2D eigenvalue weighted by Crippen LogP contribution is 2.41. The lowest BCUT2D eigenvalue weighted by molar-refractivity contribution is -0.150. The SMILES string of the molecule is CCC(=O)Nc1cccc(CC2=C(C(=O)O)N3C(=O)[C@@H](NC(=O)/C(=N\OC)c4csc(N)n4)[C@H]3SC2)c1C. The number of hydrogen-bond donors (Lipinski definition) is 4. The number of thiazole rings is 1. The summed E-state index contributed by atoms with van der Waals surface area (Å²) < 4.78 is 0. The maximum absolute atomic E-state index is 13.1. The highest BCUT2D eigenvalue weighted by molar-refractivity contribution is 8.00. The van der Waals surface area contributed by atoms with Gasteiger partial charge in [0.2, 0.25) is 5.91 Å². The van der Waals surface area contributed by atoms with E-state index < -0.39 is 29.2 Å². The molecule has 200 valence electrons. The predicted molar refractivity (Wildman–Crippen MR) is 144 cm³/mol. The predicted octanol–water partition coefficient (Wildman–Crippen LogP) is 1.71. The number of nitrogens with two attached hydrogens (primary N) is 1. The average Bonchev–Trinajstić information content (AvgIpc) is 3.32. The number of fused-ring (bicyclic) bond motifs is 1. The lowest BCUT2D eigenvalue weighted by Gasteiger charge is -2.49. The van der Waals surface area contributed by atoms with Crippen LogP contribution >= 0.6 is 23.1 Å². The zero-order valence-electron chi connectivity index (χ0n) is 20.8. The number of anilines is 2. The molecule has 0 bridgehead atoms. The summed E-state index contributed by atoms with van der Waals surface area (Å²) in [5.41, 5.74) is 8.51. The number of amides is 3. The molecule has 1 aromatic carbocycles. The van der Waals surface area contributed by atoms with Crippen molar-refractivity contribution in [2.24, 2.45) is 5.16 Å². The number of nitrogens with one attached hydrogen (secondary N) is 2. The number of carboxylic acids is 1. The van der Waals surface area contributed by atoms with E-state index in [9.17, 15) is 24.3 Å². The van der Waals surface area contributed by atoms with Gasteiger partial charge in [0.05, 0.1) is 0 Å². The molecule has 2 aliphatic rings. The smallest absolute Gasteiger partial charge is 0.352 e. The molecule has 4 rings (SSSR count). The van der Waals surface area contributed by atoms with Crippen molar-refractivity contribution in [1.29, 1.82) is 0 Å². The summed E-state index contributed by atoms with van der Waals surface area (Å²) in [6.07, 6.45) is 0.626. The number of aliphatic carboxylic acids is 1. The molecule has 0 unspecified atom stereocenters. The zero-order chi connectivity index (χ0) is 27.6. The quantitative estimate of drug-likeness (QED) is 0.203. The Morgan fingerprint density at radius 3 is 2.74 bits per heavy atom. The maximum Gasteiger partial charge on any atom is 0.352 e. The normalized spacial score (nSPS) is 19.0.